The molecule has 3 amide bonds. The molecule has 1 heterocycles. The minimum Gasteiger partial charge on any atom is -0.264 e. The summed E-state index contributed by atoms with van der Waals surface area (Å²) in [6, 6.07) is 24.1. The van der Waals surface area contributed by atoms with Crippen LogP contribution in [0.25, 0.3) is 0 Å². The largest absolute Gasteiger partial charge is 0.342 e. The van der Waals surface area contributed by atoms with Crippen molar-refractivity contribution in [1.29, 1.82) is 0 Å². The van der Waals surface area contributed by atoms with Gasteiger partial charge in [0.15, 0.2) is 0 Å². The third-order valence-corrected chi connectivity index (χ3v) is 4.50. The molecule has 0 unspecified atom stereocenters. The van der Waals surface area contributed by atoms with Crippen LogP contribution in [0, 0.1) is 0 Å². The van der Waals surface area contributed by atoms with Gasteiger partial charge in [0.25, 0.3) is 0 Å². The molecule has 0 atom stereocenters. The second-order valence-corrected chi connectivity index (χ2v) is 6.59. The molecule has 29 heavy (non-hydrogen) atoms. The molecular formula is C22H15ClN4O2. The van der Waals surface area contributed by atoms with Crippen LogP contribution in [-0.2, 0) is 4.79 Å². The fourth-order valence-electron chi connectivity index (χ4n) is 2.87. The van der Waals surface area contributed by atoms with Crippen molar-refractivity contribution in [2.75, 3.05) is 9.80 Å². The van der Waals surface area contributed by atoms with Gasteiger partial charge in [0.2, 0.25) is 5.84 Å². The molecule has 0 aromatic heterocycles. The summed E-state index contributed by atoms with van der Waals surface area (Å²) in [5.74, 6) is -0.617. The molecule has 4 rings (SSSR count). The maximum Gasteiger partial charge on any atom is 0.342 e. The van der Waals surface area contributed by atoms with E-state index in [1.807, 2.05) is 12.1 Å². The van der Waals surface area contributed by atoms with Crippen LogP contribution >= 0.6 is 11.6 Å². The van der Waals surface area contributed by atoms with E-state index in [-0.39, 0.29) is 5.84 Å². The Morgan fingerprint density at radius 1 is 0.724 bits per heavy atom. The lowest BCUT2D eigenvalue weighted by molar-refractivity contribution is -0.111. The third kappa shape index (κ3) is 3.79. The highest BCUT2D eigenvalue weighted by Gasteiger charge is 2.44. The summed E-state index contributed by atoms with van der Waals surface area (Å²) in [6.45, 7) is 0. The predicted octanol–water partition coefficient (Wildman–Crippen LogP) is 4.75. The predicted molar refractivity (Wildman–Crippen MR) is 115 cm³/mol. The van der Waals surface area contributed by atoms with Gasteiger partial charge in [-0.2, -0.15) is 5.10 Å². The maximum atomic E-state index is 13.1. The number of benzene rings is 3. The maximum absolute atomic E-state index is 13.1. The van der Waals surface area contributed by atoms with Crippen LogP contribution in [-0.4, -0.2) is 24.0 Å². The normalized spacial score (nSPS) is 15.7. The summed E-state index contributed by atoms with van der Waals surface area (Å²) in [5, 5.41) is 8.70. The molecule has 6 nitrogen and oxygen atoms in total. The number of para-hydroxylation sites is 2. The van der Waals surface area contributed by atoms with Crippen molar-refractivity contribution in [3.05, 3.63) is 95.5 Å². The van der Waals surface area contributed by atoms with E-state index in [1.54, 1.807) is 72.8 Å². The van der Waals surface area contributed by atoms with Crippen molar-refractivity contribution >= 4 is 47.0 Å². The summed E-state index contributed by atoms with van der Waals surface area (Å²) >= 11 is 5.88. The Morgan fingerprint density at radius 2 is 1.28 bits per heavy atom. The highest BCUT2D eigenvalue weighted by molar-refractivity contribution is 6.61. The van der Waals surface area contributed by atoms with Crippen molar-refractivity contribution in [1.82, 2.24) is 0 Å². The summed E-state index contributed by atoms with van der Waals surface area (Å²) < 4.78 is 0. The number of hydrogen-bond donors (Lipinski definition) is 0. The smallest absolute Gasteiger partial charge is 0.264 e. The van der Waals surface area contributed by atoms with Gasteiger partial charge in [0.05, 0.1) is 17.6 Å². The van der Waals surface area contributed by atoms with Crippen molar-refractivity contribution in [2.24, 2.45) is 10.2 Å². The number of rotatable bonds is 4. The highest BCUT2D eigenvalue weighted by Crippen LogP contribution is 2.27. The fraction of sp³-hybridized carbons (Fsp3) is 0. The first-order valence-corrected chi connectivity index (χ1v) is 9.18. The Labute approximate surface area is 172 Å². The molecule has 0 N–H and O–H groups in total. The van der Waals surface area contributed by atoms with Gasteiger partial charge in [-0.1, -0.05) is 60.1 Å². The summed E-state index contributed by atoms with van der Waals surface area (Å²) in [5.41, 5.74) is 1.77. The van der Waals surface area contributed by atoms with Crippen LogP contribution in [0.1, 0.15) is 5.56 Å². The Bertz CT molecular complexity index is 1100. The molecule has 0 spiro atoms. The SMILES string of the molecule is O=C1/C(=N\N=C\c2ccc(Cl)cc2)N(c2ccccc2)C(=O)N1c1ccccc1. The van der Waals surface area contributed by atoms with Crippen LogP contribution in [0.15, 0.2) is 95.1 Å². The molecule has 7 heteroatoms. The van der Waals surface area contributed by atoms with E-state index >= 15 is 0 Å². The van der Waals surface area contributed by atoms with Gasteiger partial charge < -0.3 is 0 Å². The number of imide groups is 1. The number of amidine groups is 1. The Balaban J connectivity index is 1.73. The van der Waals surface area contributed by atoms with Gasteiger partial charge in [-0.25, -0.2) is 14.6 Å². The topological polar surface area (TPSA) is 65.3 Å². The zero-order valence-electron chi connectivity index (χ0n) is 15.1. The zero-order chi connectivity index (χ0) is 20.2. The van der Waals surface area contributed by atoms with Crippen LogP contribution in [0.4, 0.5) is 16.2 Å². The molecule has 1 aliphatic rings. The van der Waals surface area contributed by atoms with Crippen molar-refractivity contribution < 1.29 is 9.59 Å². The average Bonchev–Trinajstić information content (AvgIpc) is 3.00. The molecule has 1 aliphatic heterocycles. The molecule has 0 saturated carbocycles. The summed E-state index contributed by atoms with van der Waals surface area (Å²) in [7, 11) is 0. The second-order valence-electron chi connectivity index (χ2n) is 6.15. The van der Waals surface area contributed by atoms with Crippen LogP contribution < -0.4 is 9.80 Å². The Morgan fingerprint density at radius 3 is 1.86 bits per heavy atom. The van der Waals surface area contributed by atoms with E-state index in [4.69, 9.17) is 11.6 Å². The molecule has 3 aromatic rings. The third-order valence-electron chi connectivity index (χ3n) is 4.25. The van der Waals surface area contributed by atoms with E-state index < -0.39 is 11.9 Å². The monoisotopic (exact) mass is 402 g/mol. The highest BCUT2D eigenvalue weighted by atomic mass is 35.5. The standard InChI is InChI=1S/C22H15ClN4O2/c23-17-13-11-16(12-14-17)15-24-25-20-21(28)27(19-9-5-2-6-10-19)22(29)26(20)18-7-3-1-4-8-18/h1-15H/b24-15+,25-20+. The lowest BCUT2D eigenvalue weighted by atomic mass is 10.2. The molecule has 0 aliphatic carbocycles. The van der Waals surface area contributed by atoms with Crippen LogP contribution in [0.5, 0.6) is 0 Å². The fourth-order valence-corrected chi connectivity index (χ4v) is 3.00. The molecule has 3 aromatic carbocycles. The summed E-state index contributed by atoms with van der Waals surface area (Å²) in [6.07, 6.45) is 1.50. The van der Waals surface area contributed by atoms with Crippen LogP contribution in [0.3, 0.4) is 0 Å². The van der Waals surface area contributed by atoms with Gasteiger partial charge >= 0.3 is 11.9 Å². The lowest BCUT2D eigenvalue weighted by Gasteiger charge is -2.16. The molecular weight excluding hydrogens is 388 g/mol. The average molecular weight is 403 g/mol. The molecule has 142 valence electrons. The number of hydrogen-bond acceptors (Lipinski definition) is 4. The minimum absolute atomic E-state index is 0.0738. The number of urea groups is 1. The van der Waals surface area contributed by atoms with E-state index in [0.717, 1.165) is 10.5 Å². The molecule has 1 saturated heterocycles. The lowest BCUT2D eigenvalue weighted by Crippen LogP contribution is -2.33. The van der Waals surface area contributed by atoms with E-state index in [2.05, 4.69) is 10.2 Å². The quantitative estimate of drug-likeness (QED) is 0.359. The van der Waals surface area contributed by atoms with E-state index in [0.29, 0.717) is 16.4 Å². The number of halogens is 1. The van der Waals surface area contributed by atoms with Crippen molar-refractivity contribution in [2.45, 2.75) is 0 Å². The van der Waals surface area contributed by atoms with E-state index in [1.165, 1.54) is 11.1 Å². The minimum atomic E-state index is -0.543. The van der Waals surface area contributed by atoms with Crippen molar-refractivity contribution in [3.8, 4) is 0 Å². The van der Waals surface area contributed by atoms with Gasteiger partial charge in [-0.05, 0) is 42.0 Å². The number of carbonyl (C=O) groups is 2. The molecule has 0 radical (unpaired) electrons. The molecule has 1 fully saturated rings. The first-order chi connectivity index (χ1) is 14.1. The number of anilines is 2. The van der Waals surface area contributed by atoms with Gasteiger partial charge in [0, 0.05) is 5.02 Å². The second kappa shape index (κ2) is 8.08. The first-order valence-electron chi connectivity index (χ1n) is 8.80. The van der Waals surface area contributed by atoms with E-state index in [9.17, 15) is 9.59 Å². The number of nitrogens with zero attached hydrogens (tertiary/aromatic N) is 4. The first kappa shape index (κ1) is 18.6. The summed E-state index contributed by atoms with van der Waals surface area (Å²) in [4.78, 5) is 28.5. The van der Waals surface area contributed by atoms with Crippen LogP contribution in [0.2, 0.25) is 5.02 Å². The zero-order valence-corrected chi connectivity index (χ0v) is 15.9. The number of carbonyl (C=O) groups excluding carboxylic acids is 2. The Kier molecular flexibility index (Phi) is 5.18. The van der Waals surface area contributed by atoms with Gasteiger partial charge in [0.1, 0.15) is 0 Å². The Hall–Kier alpha value is -3.77. The van der Waals surface area contributed by atoms with Gasteiger partial charge in [-0.3, -0.25) is 4.79 Å². The van der Waals surface area contributed by atoms with Gasteiger partial charge in [-0.15, -0.1) is 5.10 Å². The van der Waals surface area contributed by atoms with Crippen molar-refractivity contribution in [3.63, 3.8) is 0 Å². The number of amides is 3. The molecule has 0 bridgehead atoms.